The standard InChI is InChI=1S/C22H23N3O6S/c23-21(28)17-9-5-4-8-16(17)14-32(30,31)11-10-20(27)24-18-12-25(13-19(18)26)22(29)15-6-2-1-3-7-15/h1-9,18H,10-14H2,(H2,23,28)(H,24,27). The van der Waals surface area contributed by atoms with E-state index in [9.17, 15) is 27.6 Å². The number of amides is 3. The van der Waals surface area contributed by atoms with Crippen molar-refractivity contribution in [3.63, 3.8) is 0 Å². The number of ketones is 1. The van der Waals surface area contributed by atoms with E-state index in [4.69, 9.17) is 5.73 Å². The Morgan fingerprint density at radius 1 is 1.03 bits per heavy atom. The smallest absolute Gasteiger partial charge is 0.254 e. The lowest BCUT2D eigenvalue weighted by Gasteiger charge is -2.16. The monoisotopic (exact) mass is 457 g/mol. The van der Waals surface area contributed by atoms with Gasteiger partial charge in [0.2, 0.25) is 11.8 Å². The van der Waals surface area contributed by atoms with Crippen molar-refractivity contribution >= 4 is 33.3 Å². The van der Waals surface area contributed by atoms with Gasteiger partial charge in [-0.25, -0.2) is 8.42 Å². The van der Waals surface area contributed by atoms with Gasteiger partial charge >= 0.3 is 0 Å². The second kappa shape index (κ2) is 9.73. The van der Waals surface area contributed by atoms with Gasteiger partial charge < -0.3 is 16.0 Å². The summed E-state index contributed by atoms with van der Waals surface area (Å²) in [6.07, 6.45) is -0.350. The third kappa shape index (κ3) is 5.79. The second-order valence-corrected chi connectivity index (χ2v) is 9.69. The van der Waals surface area contributed by atoms with Gasteiger partial charge in [0.1, 0.15) is 6.04 Å². The number of hydrogen-bond donors (Lipinski definition) is 2. The van der Waals surface area contributed by atoms with Crippen LogP contribution in [0.1, 0.15) is 32.7 Å². The molecule has 1 unspecified atom stereocenters. The first kappa shape index (κ1) is 23.1. The summed E-state index contributed by atoms with van der Waals surface area (Å²) in [6.45, 7) is -0.0993. The molecule has 9 nitrogen and oxygen atoms in total. The lowest BCUT2D eigenvalue weighted by molar-refractivity contribution is -0.125. The number of sulfone groups is 1. The first-order chi connectivity index (χ1) is 15.2. The van der Waals surface area contributed by atoms with Crippen LogP contribution in [0.15, 0.2) is 54.6 Å². The Morgan fingerprint density at radius 3 is 2.38 bits per heavy atom. The lowest BCUT2D eigenvalue weighted by Crippen LogP contribution is -2.41. The molecular weight excluding hydrogens is 434 g/mol. The van der Waals surface area contributed by atoms with Gasteiger partial charge in [0.15, 0.2) is 15.6 Å². The summed E-state index contributed by atoms with van der Waals surface area (Å²) in [5, 5.41) is 2.51. The molecule has 3 amide bonds. The maximum atomic E-state index is 12.5. The molecule has 0 saturated carbocycles. The maximum Gasteiger partial charge on any atom is 0.254 e. The number of nitrogens with one attached hydrogen (secondary N) is 1. The second-order valence-electron chi connectivity index (χ2n) is 7.50. The molecule has 2 aromatic rings. The zero-order chi connectivity index (χ0) is 23.3. The number of likely N-dealkylation sites (tertiary alicyclic amines) is 1. The summed E-state index contributed by atoms with van der Waals surface area (Å²) in [5.41, 5.74) is 6.09. The van der Waals surface area contributed by atoms with Crippen molar-refractivity contribution in [2.75, 3.05) is 18.8 Å². The number of carbonyl (C=O) groups is 4. The van der Waals surface area contributed by atoms with Crippen molar-refractivity contribution in [1.29, 1.82) is 0 Å². The zero-order valence-electron chi connectivity index (χ0n) is 17.2. The fourth-order valence-electron chi connectivity index (χ4n) is 3.44. The van der Waals surface area contributed by atoms with Gasteiger partial charge in [-0.05, 0) is 23.8 Å². The fraction of sp³-hybridized carbons (Fsp3) is 0.273. The summed E-state index contributed by atoms with van der Waals surface area (Å²) in [6, 6.07) is 13.7. The number of nitrogens with zero attached hydrogens (tertiary/aromatic N) is 1. The van der Waals surface area contributed by atoms with Crippen LogP contribution in [0.25, 0.3) is 0 Å². The summed E-state index contributed by atoms with van der Waals surface area (Å²) in [7, 11) is -3.71. The Balaban J connectivity index is 1.54. The molecule has 1 saturated heterocycles. The van der Waals surface area contributed by atoms with Gasteiger partial charge in [-0.3, -0.25) is 19.2 Å². The van der Waals surface area contributed by atoms with Crippen molar-refractivity contribution in [3.8, 4) is 0 Å². The minimum atomic E-state index is -3.71. The van der Waals surface area contributed by atoms with Crippen LogP contribution < -0.4 is 11.1 Å². The maximum absolute atomic E-state index is 12.5. The number of primary amides is 1. The topological polar surface area (TPSA) is 144 Å². The van der Waals surface area contributed by atoms with Crippen LogP contribution in [0, 0.1) is 0 Å². The molecule has 1 fully saturated rings. The van der Waals surface area contributed by atoms with Crippen molar-refractivity contribution in [1.82, 2.24) is 10.2 Å². The normalized spacial score (nSPS) is 16.1. The SMILES string of the molecule is NC(=O)c1ccccc1CS(=O)(=O)CCC(=O)NC1CN(C(=O)c2ccccc2)CC1=O. The molecule has 0 radical (unpaired) electrons. The fourth-order valence-corrected chi connectivity index (χ4v) is 4.81. The molecular formula is C22H23N3O6S. The van der Waals surface area contributed by atoms with Crippen LogP contribution in [0.4, 0.5) is 0 Å². The molecule has 1 aliphatic rings. The van der Waals surface area contributed by atoms with E-state index in [-0.39, 0.29) is 42.3 Å². The quantitative estimate of drug-likeness (QED) is 0.583. The molecule has 0 aromatic heterocycles. The Hall–Kier alpha value is -3.53. The van der Waals surface area contributed by atoms with Crippen LogP contribution in [-0.2, 0) is 25.2 Å². The largest absolute Gasteiger partial charge is 0.366 e. The van der Waals surface area contributed by atoms with Gasteiger partial charge in [-0.1, -0.05) is 36.4 Å². The minimum absolute atomic E-state index is 0.0248. The third-order valence-corrected chi connectivity index (χ3v) is 6.66. The Bertz CT molecular complexity index is 1150. The minimum Gasteiger partial charge on any atom is -0.366 e. The van der Waals surface area contributed by atoms with E-state index in [1.807, 2.05) is 0 Å². The van der Waals surface area contributed by atoms with Gasteiger partial charge in [-0.15, -0.1) is 0 Å². The Kier molecular flexibility index (Phi) is 7.04. The Labute approximate surface area is 185 Å². The number of rotatable bonds is 8. The van der Waals surface area contributed by atoms with E-state index in [0.717, 1.165) is 0 Å². The highest BCUT2D eigenvalue weighted by Gasteiger charge is 2.35. The predicted molar refractivity (Wildman–Crippen MR) is 116 cm³/mol. The van der Waals surface area contributed by atoms with Crippen molar-refractivity contribution < 1.29 is 27.6 Å². The van der Waals surface area contributed by atoms with Crippen LogP contribution in [0.5, 0.6) is 0 Å². The van der Waals surface area contributed by atoms with Crippen LogP contribution in [0.3, 0.4) is 0 Å². The molecule has 3 rings (SSSR count). The molecule has 168 valence electrons. The Morgan fingerprint density at radius 2 is 1.69 bits per heavy atom. The summed E-state index contributed by atoms with van der Waals surface area (Å²) in [5.74, 6) is -2.86. The number of nitrogens with two attached hydrogens (primary N) is 1. The van der Waals surface area contributed by atoms with Gasteiger partial charge in [0, 0.05) is 24.1 Å². The third-order valence-electron chi connectivity index (χ3n) is 5.08. The summed E-state index contributed by atoms with van der Waals surface area (Å²) in [4.78, 5) is 49.8. The van der Waals surface area contributed by atoms with E-state index in [0.29, 0.717) is 5.56 Å². The molecule has 0 spiro atoms. The highest BCUT2D eigenvalue weighted by molar-refractivity contribution is 7.90. The zero-order valence-corrected chi connectivity index (χ0v) is 18.0. The van der Waals surface area contributed by atoms with E-state index >= 15 is 0 Å². The van der Waals surface area contributed by atoms with Crippen LogP contribution in [-0.4, -0.2) is 61.7 Å². The first-order valence-electron chi connectivity index (χ1n) is 9.91. The molecule has 0 aliphatic carbocycles. The van der Waals surface area contributed by atoms with Crippen LogP contribution >= 0.6 is 0 Å². The van der Waals surface area contributed by atoms with E-state index < -0.39 is 39.2 Å². The van der Waals surface area contributed by atoms with E-state index in [1.165, 1.54) is 17.0 Å². The van der Waals surface area contributed by atoms with Crippen LogP contribution in [0.2, 0.25) is 0 Å². The lowest BCUT2D eigenvalue weighted by atomic mass is 10.1. The van der Waals surface area contributed by atoms with Crippen molar-refractivity contribution in [3.05, 3.63) is 71.3 Å². The van der Waals surface area contributed by atoms with Crippen molar-refractivity contribution in [2.24, 2.45) is 5.73 Å². The number of benzene rings is 2. The molecule has 0 bridgehead atoms. The molecule has 32 heavy (non-hydrogen) atoms. The molecule has 2 aromatic carbocycles. The van der Waals surface area contributed by atoms with E-state index in [1.54, 1.807) is 42.5 Å². The van der Waals surface area contributed by atoms with Gasteiger partial charge in [0.05, 0.1) is 18.1 Å². The summed E-state index contributed by atoms with van der Waals surface area (Å²) >= 11 is 0. The average Bonchev–Trinajstić information content (AvgIpc) is 3.12. The van der Waals surface area contributed by atoms with Gasteiger partial charge in [-0.2, -0.15) is 0 Å². The van der Waals surface area contributed by atoms with E-state index in [2.05, 4.69) is 5.32 Å². The molecule has 10 heteroatoms. The molecule has 1 atom stereocenters. The highest BCUT2D eigenvalue weighted by atomic mass is 32.2. The first-order valence-corrected chi connectivity index (χ1v) is 11.7. The van der Waals surface area contributed by atoms with Gasteiger partial charge in [0.25, 0.3) is 5.91 Å². The average molecular weight is 458 g/mol. The van der Waals surface area contributed by atoms with Crippen molar-refractivity contribution in [2.45, 2.75) is 18.2 Å². The predicted octanol–water partition coefficient (Wildman–Crippen LogP) is 0.300. The molecule has 3 N–H and O–H groups in total. The summed E-state index contributed by atoms with van der Waals surface area (Å²) < 4.78 is 24.9. The molecule has 1 heterocycles. The number of hydrogen-bond acceptors (Lipinski definition) is 6. The molecule has 1 aliphatic heterocycles. The number of Topliss-reactive ketones (excluding diaryl/α,β-unsaturated/α-hetero) is 1. The highest BCUT2D eigenvalue weighted by Crippen LogP contribution is 2.14. The number of carbonyl (C=O) groups excluding carboxylic acids is 4.